The van der Waals surface area contributed by atoms with Crippen molar-refractivity contribution in [2.45, 2.75) is 6.92 Å². The van der Waals surface area contributed by atoms with Crippen molar-refractivity contribution in [3.05, 3.63) is 60.0 Å². The SMILES string of the molecule is COC(=O)C1=C(C(=O)OC)N(c2ccccc2NC(C)=O)C=CC=C1. The van der Waals surface area contributed by atoms with Crippen LogP contribution in [-0.4, -0.2) is 32.1 Å². The lowest BCUT2D eigenvalue weighted by molar-refractivity contribution is -0.139. The third-order valence-corrected chi connectivity index (χ3v) is 3.36. The van der Waals surface area contributed by atoms with E-state index in [9.17, 15) is 14.4 Å². The van der Waals surface area contributed by atoms with Crippen molar-refractivity contribution in [3.63, 3.8) is 0 Å². The van der Waals surface area contributed by atoms with Gasteiger partial charge in [0.1, 0.15) is 5.70 Å². The van der Waals surface area contributed by atoms with Gasteiger partial charge in [-0.1, -0.05) is 18.2 Å². The molecule has 25 heavy (non-hydrogen) atoms. The number of methoxy groups -OCH3 is 2. The number of nitrogens with one attached hydrogen (secondary N) is 1. The molecule has 1 amide bonds. The molecule has 7 nitrogen and oxygen atoms in total. The normalized spacial score (nSPS) is 13.3. The van der Waals surface area contributed by atoms with E-state index in [-0.39, 0.29) is 17.2 Å². The van der Waals surface area contributed by atoms with Gasteiger partial charge in [-0.3, -0.25) is 4.79 Å². The fourth-order valence-electron chi connectivity index (χ4n) is 2.33. The highest BCUT2D eigenvalue weighted by molar-refractivity contribution is 6.06. The number of rotatable bonds is 4. The maximum atomic E-state index is 12.4. The molecular formula is C18H18N2O5. The highest BCUT2D eigenvalue weighted by Crippen LogP contribution is 2.32. The number of carbonyl (C=O) groups excluding carboxylic acids is 3. The molecule has 0 bridgehead atoms. The lowest BCUT2D eigenvalue weighted by atomic mass is 10.1. The molecule has 0 aromatic heterocycles. The van der Waals surface area contributed by atoms with Crippen molar-refractivity contribution in [1.29, 1.82) is 0 Å². The highest BCUT2D eigenvalue weighted by Gasteiger charge is 2.28. The molecule has 0 fully saturated rings. The summed E-state index contributed by atoms with van der Waals surface area (Å²) in [5.74, 6) is -1.65. The number of anilines is 2. The Morgan fingerprint density at radius 2 is 1.68 bits per heavy atom. The van der Waals surface area contributed by atoms with Gasteiger partial charge >= 0.3 is 11.9 Å². The van der Waals surface area contributed by atoms with Crippen LogP contribution in [0.15, 0.2) is 60.0 Å². The van der Waals surface area contributed by atoms with Crippen LogP contribution in [0.1, 0.15) is 6.92 Å². The largest absolute Gasteiger partial charge is 0.465 e. The molecular weight excluding hydrogens is 324 g/mol. The Labute approximate surface area is 145 Å². The molecule has 0 unspecified atom stereocenters. The molecule has 0 saturated heterocycles. The predicted molar refractivity (Wildman–Crippen MR) is 92.6 cm³/mol. The van der Waals surface area contributed by atoms with Crippen LogP contribution < -0.4 is 10.2 Å². The number of esters is 2. The van der Waals surface area contributed by atoms with Gasteiger partial charge in [0, 0.05) is 13.1 Å². The van der Waals surface area contributed by atoms with E-state index in [1.165, 1.54) is 32.1 Å². The van der Waals surface area contributed by atoms with E-state index >= 15 is 0 Å². The van der Waals surface area contributed by atoms with Gasteiger partial charge in [0.15, 0.2) is 0 Å². The first-order valence-corrected chi connectivity index (χ1v) is 7.41. The van der Waals surface area contributed by atoms with Crippen LogP contribution in [0.5, 0.6) is 0 Å². The van der Waals surface area contributed by atoms with Crippen molar-refractivity contribution < 1.29 is 23.9 Å². The standard InChI is InChI=1S/C18H18N2O5/c1-12(21)19-14-9-4-5-10-15(14)20-11-7-6-8-13(17(22)24-2)16(20)18(23)25-3/h4-11H,1-3H3,(H,19,21). The van der Waals surface area contributed by atoms with Crippen molar-refractivity contribution in [2.24, 2.45) is 0 Å². The van der Waals surface area contributed by atoms with Gasteiger partial charge in [-0.25, -0.2) is 9.59 Å². The van der Waals surface area contributed by atoms with Crippen LogP contribution in [0.4, 0.5) is 11.4 Å². The summed E-state index contributed by atoms with van der Waals surface area (Å²) in [7, 11) is 2.45. The van der Waals surface area contributed by atoms with E-state index in [1.54, 1.807) is 42.6 Å². The van der Waals surface area contributed by atoms with Crippen LogP contribution in [0.25, 0.3) is 0 Å². The van der Waals surface area contributed by atoms with E-state index in [0.29, 0.717) is 11.4 Å². The van der Waals surface area contributed by atoms with Gasteiger partial charge < -0.3 is 19.7 Å². The summed E-state index contributed by atoms with van der Waals surface area (Å²) < 4.78 is 9.61. The van der Waals surface area contributed by atoms with Crippen molar-refractivity contribution in [1.82, 2.24) is 0 Å². The molecule has 1 aliphatic heterocycles. The smallest absolute Gasteiger partial charge is 0.355 e. The van der Waals surface area contributed by atoms with Crippen LogP contribution in [0, 0.1) is 0 Å². The number of amides is 1. The Kier molecular flexibility index (Phi) is 5.73. The topological polar surface area (TPSA) is 84.9 Å². The first-order valence-electron chi connectivity index (χ1n) is 7.41. The second kappa shape index (κ2) is 7.96. The van der Waals surface area contributed by atoms with E-state index in [0.717, 1.165) is 0 Å². The van der Waals surface area contributed by atoms with Crippen LogP contribution in [0.2, 0.25) is 0 Å². The Morgan fingerprint density at radius 3 is 2.32 bits per heavy atom. The van der Waals surface area contributed by atoms with Crippen LogP contribution in [-0.2, 0) is 23.9 Å². The Balaban J connectivity index is 2.68. The number of para-hydroxylation sites is 2. The fraction of sp³-hybridized carbons (Fsp3) is 0.167. The number of ether oxygens (including phenoxy) is 2. The molecule has 1 aromatic carbocycles. The summed E-state index contributed by atoms with van der Waals surface area (Å²) in [6.45, 7) is 1.38. The summed E-state index contributed by atoms with van der Waals surface area (Å²) in [4.78, 5) is 37.5. The molecule has 2 rings (SSSR count). The fourth-order valence-corrected chi connectivity index (χ4v) is 2.33. The Hall–Kier alpha value is -3.35. The molecule has 0 radical (unpaired) electrons. The maximum absolute atomic E-state index is 12.4. The van der Waals surface area contributed by atoms with E-state index in [2.05, 4.69) is 5.32 Å². The first kappa shape index (κ1) is 18.0. The number of hydrogen-bond donors (Lipinski definition) is 1. The van der Waals surface area contributed by atoms with Crippen molar-refractivity contribution >= 4 is 29.2 Å². The number of nitrogens with zero attached hydrogens (tertiary/aromatic N) is 1. The Bertz CT molecular complexity index is 792. The average molecular weight is 342 g/mol. The molecule has 1 aliphatic rings. The zero-order valence-electron chi connectivity index (χ0n) is 14.1. The minimum atomic E-state index is -0.714. The van der Waals surface area contributed by atoms with Gasteiger partial charge in [-0.15, -0.1) is 0 Å². The van der Waals surface area contributed by atoms with Gasteiger partial charge in [-0.05, 0) is 24.3 Å². The van der Waals surface area contributed by atoms with Crippen molar-refractivity contribution in [2.75, 3.05) is 24.4 Å². The molecule has 1 heterocycles. The zero-order valence-corrected chi connectivity index (χ0v) is 14.1. The van der Waals surface area contributed by atoms with Crippen LogP contribution in [0.3, 0.4) is 0 Å². The third-order valence-electron chi connectivity index (χ3n) is 3.36. The van der Waals surface area contributed by atoms with E-state index in [4.69, 9.17) is 9.47 Å². The lowest BCUT2D eigenvalue weighted by Crippen LogP contribution is -2.27. The quantitative estimate of drug-likeness (QED) is 0.844. The summed E-state index contributed by atoms with van der Waals surface area (Å²) in [5.41, 5.74) is 1.00. The molecule has 1 aromatic rings. The molecule has 0 saturated carbocycles. The van der Waals surface area contributed by atoms with Crippen molar-refractivity contribution in [3.8, 4) is 0 Å². The molecule has 0 atom stereocenters. The zero-order chi connectivity index (χ0) is 18.4. The average Bonchev–Trinajstić information content (AvgIpc) is 2.83. The minimum absolute atomic E-state index is 0.0165. The molecule has 1 N–H and O–H groups in total. The number of benzene rings is 1. The molecule has 0 spiro atoms. The monoisotopic (exact) mass is 342 g/mol. The number of hydrogen-bond acceptors (Lipinski definition) is 6. The number of carbonyl (C=O) groups is 3. The van der Waals surface area contributed by atoms with E-state index in [1.807, 2.05) is 0 Å². The second-order valence-corrected chi connectivity index (χ2v) is 5.01. The highest BCUT2D eigenvalue weighted by atomic mass is 16.5. The van der Waals surface area contributed by atoms with Gasteiger partial charge in [0.05, 0.1) is 31.2 Å². The van der Waals surface area contributed by atoms with Gasteiger partial charge in [0.25, 0.3) is 0 Å². The summed E-state index contributed by atoms with van der Waals surface area (Å²) in [5, 5.41) is 2.70. The van der Waals surface area contributed by atoms with Gasteiger partial charge in [0.2, 0.25) is 5.91 Å². The van der Waals surface area contributed by atoms with Gasteiger partial charge in [-0.2, -0.15) is 0 Å². The minimum Gasteiger partial charge on any atom is -0.465 e. The maximum Gasteiger partial charge on any atom is 0.355 e. The lowest BCUT2D eigenvalue weighted by Gasteiger charge is -2.25. The number of allylic oxidation sites excluding steroid dienone is 2. The summed E-state index contributed by atoms with van der Waals surface area (Å²) in [6, 6.07) is 6.89. The van der Waals surface area contributed by atoms with E-state index < -0.39 is 11.9 Å². The molecule has 130 valence electrons. The molecule has 0 aliphatic carbocycles. The second-order valence-electron chi connectivity index (χ2n) is 5.01. The summed E-state index contributed by atoms with van der Waals surface area (Å²) >= 11 is 0. The first-order chi connectivity index (χ1) is 12.0. The third kappa shape index (κ3) is 3.95. The van der Waals surface area contributed by atoms with Crippen LogP contribution >= 0.6 is 0 Å². The predicted octanol–water partition coefficient (Wildman–Crippen LogP) is 2.13. The Morgan fingerprint density at radius 1 is 1.00 bits per heavy atom. The summed E-state index contributed by atoms with van der Waals surface area (Å²) in [6.07, 6.45) is 6.33. The molecule has 7 heteroatoms.